The molecule has 0 amide bonds. The topological polar surface area (TPSA) is 44.7 Å². The number of methoxy groups -OCH3 is 1. The molecule has 100 valence electrons. The van der Waals surface area contributed by atoms with Crippen LogP contribution in [0.2, 0.25) is 0 Å². The zero-order valence-corrected chi connectivity index (χ0v) is 11.1. The predicted octanol–water partition coefficient (Wildman–Crippen LogP) is 1.02. The molecule has 2 rings (SSSR count). The summed E-state index contributed by atoms with van der Waals surface area (Å²) in [5.74, 6) is 0.792. The van der Waals surface area contributed by atoms with Crippen molar-refractivity contribution in [3.05, 3.63) is 29.8 Å². The van der Waals surface area contributed by atoms with Gasteiger partial charge in [0, 0.05) is 32.2 Å². The van der Waals surface area contributed by atoms with E-state index in [1.165, 1.54) is 0 Å². The largest absolute Gasteiger partial charge is 0.497 e. The van der Waals surface area contributed by atoms with Crippen molar-refractivity contribution >= 4 is 0 Å². The van der Waals surface area contributed by atoms with Crippen molar-refractivity contribution in [2.24, 2.45) is 0 Å². The molecule has 1 aliphatic heterocycles. The van der Waals surface area contributed by atoms with Gasteiger partial charge in [-0.25, -0.2) is 0 Å². The molecule has 1 heterocycles. The number of nitrogens with one attached hydrogen (secondary N) is 1. The Morgan fingerprint density at radius 3 is 3.11 bits per heavy atom. The molecule has 2 unspecified atom stereocenters. The summed E-state index contributed by atoms with van der Waals surface area (Å²) in [7, 11) is 1.64. The maximum Gasteiger partial charge on any atom is 0.119 e. The van der Waals surface area contributed by atoms with Crippen LogP contribution in [0.5, 0.6) is 5.75 Å². The van der Waals surface area contributed by atoms with Gasteiger partial charge in [-0.1, -0.05) is 12.1 Å². The van der Waals surface area contributed by atoms with Crippen LogP contribution in [0, 0.1) is 0 Å². The molecule has 4 heteroatoms. The molecule has 1 aromatic rings. The molecule has 0 aromatic heterocycles. The first kappa shape index (κ1) is 13.3. The molecule has 0 radical (unpaired) electrons. The summed E-state index contributed by atoms with van der Waals surface area (Å²) in [5, 5.41) is 13.6. The molecular formula is C14H22N2O2. The van der Waals surface area contributed by atoms with E-state index in [9.17, 15) is 5.11 Å². The Balaban J connectivity index is 1.99. The highest BCUT2D eigenvalue weighted by atomic mass is 16.5. The summed E-state index contributed by atoms with van der Waals surface area (Å²) in [6, 6.07) is 8.12. The number of β-amino-alcohol motifs (C(OH)–C–C–N with tert-alkyl or cyclic N) is 1. The van der Waals surface area contributed by atoms with Gasteiger partial charge < -0.3 is 15.2 Å². The standard InChI is InChI=1S/C14H22N2O2/c1-11-9-15-6-7-16(11)10-14(17)12-4-3-5-13(8-12)18-2/h3-5,8,11,14-15,17H,6-7,9-10H2,1-2H3. The van der Waals surface area contributed by atoms with Crippen molar-refractivity contribution in [1.82, 2.24) is 10.2 Å². The fourth-order valence-corrected chi connectivity index (χ4v) is 2.33. The van der Waals surface area contributed by atoms with Crippen molar-refractivity contribution in [3.8, 4) is 5.75 Å². The van der Waals surface area contributed by atoms with Crippen molar-refractivity contribution in [2.75, 3.05) is 33.3 Å². The van der Waals surface area contributed by atoms with Gasteiger partial charge in [0.2, 0.25) is 0 Å². The summed E-state index contributed by atoms with van der Waals surface area (Å²) in [4.78, 5) is 2.32. The Bertz CT molecular complexity index is 384. The van der Waals surface area contributed by atoms with E-state index in [1.807, 2.05) is 24.3 Å². The van der Waals surface area contributed by atoms with E-state index >= 15 is 0 Å². The third-order valence-corrected chi connectivity index (χ3v) is 3.52. The van der Waals surface area contributed by atoms with Crippen LogP contribution in [0.1, 0.15) is 18.6 Å². The minimum absolute atomic E-state index is 0.458. The van der Waals surface area contributed by atoms with Gasteiger partial charge in [-0.05, 0) is 24.6 Å². The van der Waals surface area contributed by atoms with Gasteiger partial charge in [0.15, 0.2) is 0 Å². The van der Waals surface area contributed by atoms with Gasteiger partial charge in [-0.2, -0.15) is 0 Å². The number of hydrogen-bond acceptors (Lipinski definition) is 4. The second-order valence-corrected chi connectivity index (χ2v) is 4.84. The molecule has 0 saturated carbocycles. The van der Waals surface area contributed by atoms with Crippen LogP contribution in [-0.4, -0.2) is 49.3 Å². The van der Waals surface area contributed by atoms with Crippen LogP contribution >= 0.6 is 0 Å². The highest BCUT2D eigenvalue weighted by Gasteiger charge is 2.21. The first-order valence-corrected chi connectivity index (χ1v) is 6.47. The second kappa shape index (κ2) is 6.18. The van der Waals surface area contributed by atoms with E-state index < -0.39 is 6.10 Å². The van der Waals surface area contributed by atoms with E-state index in [-0.39, 0.29) is 0 Å². The summed E-state index contributed by atoms with van der Waals surface area (Å²) in [5.41, 5.74) is 0.917. The summed E-state index contributed by atoms with van der Waals surface area (Å²) >= 11 is 0. The molecular weight excluding hydrogens is 228 g/mol. The number of nitrogens with zero attached hydrogens (tertiary/aromatic N) is 1. The molecule has 0 spiro atoms. The van der Waals surface area contributed by atoms with Crippen LogP contribution in [0.4, 0.5) is 0 Å². The summed E-state index contributed by atoms with van der Waals surface area (Å²) in [6.07, 6.45) is -0.458. The normalized spacial score (nSPS) is 22.7. The fourth-order valence-electron chi connectivity index (χ4n) is 2.33. The first-order valence-electron chi connectivity index (χ1n) is 6.47. The van der Waals surface area contributed by atoms with Crippen LogP contribution in [0.3, 0.4) is 0 Å². The lowest BCUT2D eigenvalue weighted by molar-refractivity contribution is 0.0792. The zero-order valence-electron chi connectivity index (χ0n) is 11.1. The Morgan fingerprint density at radius 1 is 1.56 bits per heavy atom. The highest BCUT2D eigenvalue weighted by molar-refractivity contribution is 5.29. The SMILES string of the molecule is COc1cccc(C(O)CN2CCNCC2C)c1. The van der Waals surface area contributed by atoms with Gasteiger partial charge in [0.1, 0.15) is 5.75 Å². The zero-order chi connectivity index (χ0) is 13.0. The van der Waals surface area contributed by atoms with E-state index in [4.69, 9.17) is 4.74 Å². The van der Waals surface area contributed by atoms with E-state index in [1.54, 1.807) is 7.11 Å². The minimum atomic E-state index is -0.458. The smallest absolute Gasteiger partial charge is 0.119 e. The first-order chi connectivity index (χ1) is 8.70. The lowest BCUT2D eigenvalue weighted by Crippen LogP contribution is -2.50. The second-order valence-electron chi connectivity index (χ2n) is 4.84. The van der Waals surface area contributed by atoms with Crippen LogP contribution in [0.15, 0.2) is 24.3 Å². The lowest BCUT2D eigenvalue weighted by atomic mass is 10.1. The Hall–Kier alpha value is -1.10. The average molecular weight is 250 g/mol. The molecule has 18 heavy (non-hydrogen) atoms. The number of benzene rings is 1. The molecule has 1 aromatic carbocycles. The van der Waals surface area contributed by atoms with Crippen LogP contribution in [0.25, 0.3) is 0 Å². The Morgan fingerprint density at radius 2 is 2.39 bits per heavy atom. The van der Waals surface area contributed by atoms with Crippen LogP contribution in [-0.2, 0) is 0 Å². The Kier molecular flexibility index (Phi) is 4.58. The molecule has 2 atom stereocenters. The Labute approximate surface area is 109 Å². The average Bonchev–Trinajstić information content (AvgIpc) is 2.41. The van der Waals surface area contributed by atoms with E-state index in [0.717, 1.165) is 30.9 Å². The maximum atomic E-state index is 10.3. The molecule has 4 nitrogen and oxygen atoms in total. The van der Waals surface area contributed by atoms with Gasteiger partial charge in [0.05, 0.1) is 13.2 Å². The number of hydrogen-bond donors (Lipinski definition) is 2. The summed E-state index contributed by atoms with van der Waals surface area (Å²) in [6.45, 7) is 5.84. The van der Waals surface area contributed by atoms with Crippen molar-refractivity contribution in [3.63, 3.8) is 0 Å². The van der Waals surface area contributed by atoms with Crippen molar-refractivity contribution < 1.29 is 9.84 Å². The predicted molar refractivity (Wildman–Crippen MR) is 71.9 cm³/mol. The van der Waals surface area contributed by atoms with E-state index in [0.29, 0.717) is 12.6 Å². The highest BCUT2D eigenvalue weighted by Crippen LogP contribution is 2.20. The molecule has 0 bridgehead atoms. The van der Waals surface area contributed by atoms with Gasteiger partial charge in [-0.3, -0.25) is 4.90 Å². The maximum absolute atomic E-state index is 10.3. The molecule has 2 N–H and O–H groups in total. The van der Waals surface area contributed by atoms with Gasteiger partial charge in [-0.15, -0.1) is 0 Å². The molecule has 1 fully saturated rings. The lowest BCUT2D eigenvalue weighted by Gasteiger charge is -2.35. The third-order valence-electron chi connectivity index (χ3n) is 3.52. The van der Waals surface area contributed by atoms with Gasteiger partial charge >= 0.3 is 0 Å². The van der Waals surface area contributed by atoms with Crippen molar-refractivity contribution in [2.45, 2.75) is 19.1 Å². The van der Waals surface area contributed by atoms with Crippen molar-refractivity contribution in [1.29, 1.82) is 0 Å². The van der Waals surface area contributed by atoms with Gasteiger partial charge in [0.25, 0.3) is 0 Å². The third kappa shape index (κ3) is 3.22. The number of ether oxygens (including phenoxy) is 1. The minimum Gasteiger partial charge on any atom is -0.497 e. The number of aliphatic hydroxyl groups excluding tert-OH is 1. The quantitative estimate of drug-likeness (QED) is 0.837. The molecule has 0 aliphatic carbocycles. The van der Waals surface area contributed by atoms with Crippen LogP contribution < -0.4 is 10.1 Å². The number of piperazine rings is 1. The molecule has 1 saturated heterocycles. The number of rotatable bonds is 4. The fraction of sp³-hybridized carbons (Fsp3) is 0.571. The van der Waals surface area contributed by atoms with E-state index in [2.05, 4.69) is 17.1 Å². The monoisotopic (exact) mass is 250 g/mol. The number of aliphatic hydroxyl groups is 1. The molecule has 1 aliphatic rings. The summed E-state index contributed by atoms with van der Waals surface area (Å²) < 4.78 is 5.18.